The molecule has 7 aromatic carbocycles. The van der Waals surface area contributed by atoms with E-state index in [-0.39, 0.29) is 0 Å². The van der Waals surface area contributed by atoms with E-state index in [1.165, 1.54) is 5.56 Å². The van der Waals surface area contributed by atoms with Gasteiger partial charge in [0.2, 0.25) is 0 Å². The highest BCUT2D eigenvalue weighted by Gasteiger charge is 2.19. The Hall–Kier alpha value is -6.91. The van der Waals surface area contributed by atoms with Crippen molar-refractivity contribution in [1.82, 2.24) is 15.0 Å². The summed E-state index contributed by atoms with van der Waals surface area (Å²) in [6.45, 7) is 0. The molecule has 0 N–H and O–H groups in total. The Morgan fingerprint density at radius 2 is 0.902 bits per heavy atom. The molecule has 0 aliphatic heterocycles. The van der Waals surface area contributed by atoms with Crippen LogP contribution in [0.5, 0.6) is 0 Å². The Morgan fingerprint density at radius 1 is 0.373 bits per heavy atom. The number of para-hydroxylation sites is 1. The van der Waals surface area contributed by atoms with Gasteiger partial charge in [0, 0.05) is 33.0 Å². The summed E-state index contributed by atoms with van der Waals surface area (Å²) in [4.78, 5) is 15.5. The molecule has 0 atom stereocenters. The van der Waals surface area contributed by atoms with Gasteiger partial charge in [0.25, 0.3) is 0 Å². The topological polar surface area (TPSA) is 51.8 Å². The third kappa shape index (κ3) is 5.13. The first-order valence-corrected chi connectivity index (χ1v) is 17.1. The summed E-state index contributed by atoms with van der Waals surface area (Å²) in [6.07, 6.45) is 0. The van der Waals surface area contributed by atoms with Crippen LogP contribution < -0.4 is 0 Å². The average molecular weight is 652 g/mol. The van der Waals surface area contributed by atoms with Crippen LogP contribution in [0.3, 0.4) is 0 Å². The molecule has 0 bridgehead atoms. The van der Waals surface area contributed by atoms with Gasteiger partial charge < -0.3 is 4.42 Å². The highest BCUT2D eigenvalue weighted by Crippen LogP contribution is 2.41. The fourth-order valence-corrected chi connectivity index (χ4v) is 7.08. The standard InChI is InChI=1S/C47H29N3O/c1-3-11-30(12-4-1)31-19-25-35(26-20-31)47-49-40(32-13-5-2-6-14-32)29-41(50-47)33-21-23-34(24-22-33)45-44-38-17-9-10-18-43(38)51-46(44)39-27-36-15-7-8-16-37(36)28-42(39)48-45/h1-29H. The van der Waals surface area contributed by atoms with E-state index in [9.17, 15) is 0 Å². The van der Waals surface area contributed by atoms with E-state index in [4.69, 9.17) is 19.4 Å². The number of fused-ring (bicyclic) bond motifs is 6. The number of nitrogens with zero attached hydrogens (tertiary/aromatic N) is 3. The molecule has 4 heteroatoms. The molecule has 0 aliphatic rings. The van der Waals surface area contributed by atoms with E-state index in [2.05, 4.69) is 140 Å². The van der Waals surface area contributed by atoms with E-state index < -0.39 is 0 Å². The first-order chi connectivity index (χ1) is 25.2. The normalized spacial score (nSPS) is 11.5. The summed E-state index contributed by atoms with van der Waals surface area (Å²) in [5, 5.41) is 5.41. The van der Waals surface area contributed by atoms with Crippen LogP contribution in [0.4, 0.5) is 0 Å². The van der Waals surface area contributed by atoms with E-state index >= 15 is 0 Å². The molecule has 0 aliphatic carbocycles. The van der Waals surface area contributed by atoms with Crippen molar-refractivity contribution in [1.29, 1.82) is 0 Å². The quantitative estimate of drug-likeness (QED) is 0.174. The first-order valence-electron chi connectivity index (χ1n) is 17.1. The Morgan fingerprint density at radius 3 is 1.63 bits per heavy atom. The predicted molar refractivity (Wildman–Crippen MR) is 209 cm³/mol. The number of hydrogen-bond acceptors (Lipinski definition) is 4. The number of aromatic nitrogens is 3. The molecular weight excluding hydrogens is 623 g/mol. The van der Waals surface area contributed by atoms with Crippen LogP contribution in [-0.2, 0) is 0 Å². The van der Waals surface area contributed by atoms with Gasteiger partial charge in [-0.25, -0.2) is 15.0 Å². The van der Waals surface area contributed by atoms with Gasteiger partial charge >= 0.3 is 0 Å². The lowest BCUT2D eigenvalue weighted by molar-refractivity contribution is 0.672. The summed E-state index contributed by atoms with van der Waals surface area (Å²) in [5.41, 5.74) is 11.6. The molecule has 0 amide bonds. The molecule has 0 unspecified atom stereocenters. The zero-order valence-electron chi connectivity index (χ0n) is 27.5. The van der Waals surface area contributed by atoms with Crippen molar-refractivity contribution in [3.05, 3.63) is 176 Å². The highest BCUT2D eigenvalue weighted by molar-refractivity contribution is 6.20. The molecule has 3 aromatic heterocycles. The fourth-order valence-electron chi connectivity index (χ4n) is 7.08. The summed E-state index contributed by atoms with van der Waals surface area (Å²) in [7, 11) is 0. The summed E-state index contributed by atoms with van der Waals surface area (Å²) >= 11 is 0. The number of rotatable bonds is 5. The zero-order chi connectivity index (χ0) is 33.7. The van der Waals surface area contributed by atoms with Crippen molar-refractivity contribution >= 4 is 43.6 Å². The first kappa shape index (κ1) is 29.0. The van der Waals surface area contributed by atoms with Crippen LogP contribution in [0.1, 0.15) is 0 Å². The zero-order valence-corrected chi connectivity index (χ0v) is 27.5. The third-order valence-electron chi connectivity index (χ3n) is 9.67. The molecule has 0 radical (unpaired) electrons. The third-order valence-corrected chi connectivity index (χ3v) is 9.67. The molecular formula is C47H29N3O. The maximum atomic E-state index is 6.56. The van der Waals surface area contributed by atoms with Crippen molar-refractivity contribution < 1.29 is 4.42 Å². The van der Waals surface area contributed by atoms with Gasteiger partial charge in [-0.2, -0.15) is 0 Å². The molecule has 0 fully saturated rings. The summed E-state index contributed by atoms with van der Waals surface area (Å²) in [6, 6.07) is 60.8. The molecule has 51 heavy (non-hydrogen) atoms. The lowest BCUT2D eigenvalue weighted by Gasteiger charge is -2.11. The lowest BCUT2D eigenvalue weighted by atomic mass is 9.99. The van der Waals surface area contributed by atoms with Crippen molar-refractivity contribution in [3.8, 4) is 56.3 Å². The molecule has 10 aromatic rings. The molecule has 10 rings (SSSR count). The number of pyridine rings is 1. The van der Waals surface area contributed by atoms with Crippen molar-refractivity contribution in [2.24, 2.45) is 0 Å². The molecule has 3 heterocycles. The minimum absolute atomic E-state index is 0.685. The number of furan rings is 1. The molecule has 0 saturated heterocycles. The maximum Gasteiger partial charge on any atom is 0.160 e. The average Bonchev–Trinajstić information content (AvgIpc) is 3.61. The second kappa shape index (κ2) is 11.9. The molecule has 4 nitrogen and oxygen atoms in total. The second-order valence-corrected chi connectivity index (χ2v) is 12.8. The van der Waals surface area contributed by atoms with E-state index in [0.29, 0.717) is 5.82 Å². The highest BCUT2D eigenvalue weighted by atomic mass is 16.3. The fraction of sp³-hybridized carbons (Fsp3) is 0. The van der Waals surface area contributed by atoms with Gasteiger partial charge in [0.05, 0.1) is 28.0 Å². The Kier molecular flexibility index (Phi) is 6.78. The van der Waals surface area contributed by atoms with E-state index in [1.807, 2.05) is 36.4 Å². The van der Waals surface area contributed by atoms with Crippen LogP contribution in [0, 0.1) is 0 Å². The predicted octanol–water partition coefficient (Wildman–Crippen LogP) is 12.4. The van der Waals surface area contributed by atoms with Gasteiger partial charge in [-0.3, -0.25) is 0 Å². The van der Waals surface area contributed by atoms with Gasteiger partial charge in [0.1, 0.15) is 11.2 Å². The van der Waals surface area contributed by atoms with Gasteiger partial charge in [-0.1, -0.05) is 152 Å². The minimum Gasteiger partial charge on any atom is -0.455 e. The maximum absolute atomic E-state index is 6.56. The summed E-state index contributed by atoms with van der Waals surface area (Å²) in [5.74, 6) is 0.685. The van der Waals surface area contributed by atoms with Crippen molar-refractivity contribution in [2.45, 2.75) is 0 Å². The number of benzene rings is 7. The number of hydrogen-bond donors (Lipinski definition) is 0. The van der Waals surface area contributed by atoms with Crippen molar-refractivity contribution in [3.63, 3.8) is 0 Å². The Labute approximate surface area is 294 Å². The van der Waals surface area contributed by atoms with E-state index in [0.717, 1.165) is 88.5 Å². The summed E-state index contributed by atoms with van der Waals surface area (Å²) < 4.78 is 6.56. The van der Waals surface area contributed by atoms with E-state index in [1.54, 1.807) is 0 Å². The minimum atomic E-state index is 0.685. The van der Waals surface area contributed by atoms with Crippen LogP contribution in [0.25, 0.3) is 99.9 Å². The van der Waals surface area contributed by atoms with Gasteiger partial charge in [-0.05, 0) is 46.2 Å². The van der Waals surface area contributed by atoms with Crippen LogP contribution in [0.2, 0.25) is 0 Å². The molecule has 0 saturated carbocycles. The molecule has 0 spiro atoms. The smallest absolute Gasteiger partial charge is 0.160 e. The van der Waals surface area contributed by atoms with Crippen LogP contribution in [-0.4, -0.2) is 15.0 Å². The van der Waals surface area contributed by atoms with Crippen LogP contribution >= 0.6 is 0 Å². The monoisotopic (exact) mass is 651 g/mol. The van der Waals surface area contributed by atoms with Crippen LogP contribution in [0.15, 0.2) is 180 Å². The Bertz CT molecular complexity index is 2880. The van der Waals surface area contributed by atoms with Gasteiger partial charge in [-0.15, -0.1) is 0 Å². The Balaban J connectivity index is 1.10. The SMILES string of the molecule is c1ccc(-c2ccc(-c3nc(-c4ccccc4)cc(-c4ccc(-c5nc6cc7ccccc7cc6c6oc7ccccc7c56)cc4)n3)cc2)cc1. The largest absolute Gasteiger partial charge is 0.455 e. The van der Waals surface area contributed by atoms with Gasteiger partial charge in [0.15, 0.2) is 5.82 Å². The second-order valence-electron chi connectivity index (χ2n) is 12.8. The molecule has 238 valence electrons. The lowest BCUT2D eigenvalue weighted by Crippen LogP contribution is -1.96. The van der Waals surface area contributed by atoms with Crippen molar-refractivity contribution in [2.75, 3.05) is 0 Å².